The highest BCUT2D eigenvalue weighted by molar-refractivity contribution is 5.94. The van der Waals surface area contributed by atoms with E-state index < -0.39 is 19.0 Å². The van der Waals surface area contributed by atoms with Crippen LogP contribution in [0.4, 0.5) is 17.6 Å². The quantitative estimate of drug-likeness (QED) is 0.685. The van der Waals surface area contributed by atoms with Gasteiger partial charge in [0.25, 0.3) is 5.91 Å². The predicted octanol–water partition coefficient (Wildman–Crippen LogP) is 3.42. The van der Waals surface area contributed by atoms with E-state index in [0.29, 0.717) is 11.8 Å². The first-order valence-electron chi connectivity index (χ1n) is 9.07. The maximum atomic E-state index is 12.9. The number of carbonyl (C=O) groups is 1. The molecule has 0 aliphatic heterocycles. The van der Waals surface area contributed by atoms with Crippen molar-refractivity contribution in [2.75, 3.05) is 6.61 Å². The third-order valence-corrected chi connectivity index (χ3v) is 5.40. The Labute approximate surface area is 166 Å². The van der Waals surface area contributed by atoms with Gasteiger partial charge in [-0.1, -0.05) is 6.42 Å². The average Bonchev–Trinajstić information content (AvgIpc) is 2.61. The SMILES string of the molecule is Cl.NC1CC2CCCC(C1)C2NC(=O)c1ccc(OCC(F)(F)C(F)F)nc1. The molecule has 5 nitrogen and oxygen atoms in total. The smallest absolute Gasteiger partial charge is 0.340 e. The highest BCUT2D eigenvalue weighted by atomic mass is 35.5. The van der Waals surface area contributed by atoms with Gasteiger partial charge in [-0.3, -0.25) is 4.79 Å². The first-order valence-corrected chi connectivity index (χ1v) is 9.07. The molecular formula is C18H24ClF4N3O2. The number of hydrogen-bond donors (Lipinski definition) is 2. The lowest BCUT2D eigenvalue weighted by molar-refractivity contribution is -0.148. The Bertz CT molecular complexity index is 649. The number of aromatic nitrogens is 1. The zero-order valence-corrected chi connectivity index (χ0v) is 15.9. The van der Waals surface area contributed by atoms with Crippen molar-refractivity contribution in [2.45, 2.75) is 56.5 Å². The van der Waals surface area contributed by atoms with E-state index >= 15 is 0 Å². The molecule has 2 unspecified atom stereocenters. The fraction of sp³-hybridized carbons (Fsp3) is 0.667. The molecule has 0 aromatic carbocycles. The van der Waals surface area contributed by atoms with Gasteiger partial charge in [0.05, 0.1) is 5.56 Å². The molecule has 1 aromatic rings. The lowest BCUT2D eigenvalue weighted by atomic mass is 9.67. The van der Waals surface area contributed by atoms with Crippen LogP contribution >= 0.6 is 12.4 Å². The van der Waals surface area contributed by atoms with Gasteiger partial charge < -0.3 is 15.8 Å². The van der Waals surface area contributed by atoms with Crippen LogP contribution in [0, 0.1) is 11.8 Å². The van der Waals surface area contributed by atoms with Crippen LogP contribution in [-0.2, 0) is 0 Å². The summed E-state index contributed by atoms with van der Waals surface area (Å²) in [5.41, 5.74) is 6.35. The van der Waals surface area contributed by atoms with Crippen LogP contribution in [0.15, 0.2) is 18.3 Å². The zero-order chi connectivity index (χ0) is 19.6. The van der Waals surface area contributed by atoms with Crippen molar-refractivity contribution >= 4 is 18.3 Å². The van der Waals surface area contributed by atoms with Crippen LogP contribution in [0.25, 0.3) is 0 Å². The summed E-state index contributed by atoms with van der Waals surface area (Å²) >= 11 is 0. The van der Waals surface area contributed by atoms with Crippen LogP contribution in [0.2, 0.25) is 0 Å². The minimum atomic E-state index is -4.25. The predicted molar refractivity (Wildman–Crippen MR) is 97.2 cm³/mol. The number of pyridine rings is 1. The number of nitrogens with two attached hydrogens (primary N) is 1. The Morgan fingerprint density at radius 1 is 1.29 bits per heavy atom. The number of halogens is 5. The number of amides is 1. The molecule has 1 heterocycles. The van der Waals surface area contributed by atoms with Crippen molar-refractivity contribution in [3.63, 3.8) is 0 Å². The minimum Gasteiger partial charge on any atom is -0.471 e. The van der Waals surface area contributed by atoms with E-state index in [0.717, 1.165) is 32.1 Å². The van der Waals surface area contributed by atoms with E-state index in [1.54, 1.807) is 0 Å². The average molecular weight is 426 g/mol. The molecule has 1 aromatic heterocycles. The molecule has 0 saturated heterocycles. The molecule has 2 aliphatic carbocycles. The van der Waals surface area contributed by atoms with Crippen molar-refractivity contribution in [1.29, 1.82) is 0 Å². The second kappa shape index (κ2) is 9.26. The molecule has 28 heavy (non-hydrogen) atoms. The summed E-state index contributed by atoms with van der Waals surface area (Å²) in [5, 5.41) is 3.05. The van der Waals surface area contributed by atoms with Gasteiger partial charge >= 0.3 is 12.3 Å². The van der Waals surface area contributed by atoms with E-state index in [1.807, 2.05) is 0 Å². The number of nitrogens with zero attached hydrogens (tertiary/aromatic N) is 1. The fourth-order valence-corrected chi connectivity index (χ4v) is 4.09. The Morgan fingerprint density at radius 2 is 1.93 bits per heavy atom. The van der Waals surface area contributed by atoms with Gasteiger partial charge in [0.1, 0.15) is 0 Å². The summed E-state index contributed by atoms with van der Waals surface area (Å²) < 4.78 is 54.6. The van der Waals surface area contributed by atoms with Crippen LogP contribution in [0.3, 0.4) is 0 Å². The van der Waals surface area contributed by atoms with Gasteiger partial charge in [-0.2, -0.15) is 8.78 Å². The Balaban J connectivity index is 0.00000280. The van der Waals surface area contributed by atoms with Crippen molar-refractivity contribution in [3.05, 3.63) is 23.9 Å². The van der Waals surface area contributed by atoms with E-state index in [1.165, 1.54) is 18.3 Å². The molecule has 2 saturated carbocycles. The van der Waals surface area contributed by atoms with Gasteiger partial charge in [0.2, 0.25) is 5.88 Å². The third kappa shape index (κ3) is 5.26. The second-order valence-corrected chi connectivity index (χ2v) is 7.42. The summed E-state index contributed by atoms with van der Waals surface area (Å²) in [6, 6.07) is 2.85. The van der Waals surface area contributed by atoms with Crippen molar-refractivity contribution in [1.82, 2.24) is 10.3 Å². The number of hydrogen-bond acceptors (Lipinski definition) is 4. The van der Waals surface area contributed by atoms with Gasteiger partial charge in [0, 0.05) is 24.3 Å². The van der Waals surface area contributed by atoms with E-state index in [4.69, 9.17) is 5.73 Å². The van der Waals surface area contributed by atoms with Gasteiger partial charge in [-0.15, -0.1) is 12.4 Å². The summed E-state index contributed by atoms with van der Waals surface area (Å²) in [6.07, 6.45) is 2.39. The van der Waals surface area contributed by atoms with E-state index in [-0.39, 0.29) is 41.8 Å². The highest BCUT2D eigenvalue weighted by Gasteiger charge is 2.42. The maximum absolute atomic E-state index is 12.9. The lowest BCUT2D eigenvalue weighted by Gasteiger charge is -2.45. The maximum Gasteiger partial charge on any atom is 0.340 e. The topological polar surface area (TPSA) is 77.2 Å². The molecule has 2 bridgehead atoms. The monoisotopic (exact) mass is 425 g/mol. The van der Waals surface area contributed by atoms with Crippen molar-refractivity contribution in [3.8, 4) is 5.88 Å². The first-order chi connectivity index (χ1) is 12.8. The number of alkyl halides is 4. The number of rotatable bonds is 6. The second-order valence-electron chi connectivity index (χ2n) is 7.42. The van der Waals surface area contributed by atoms with Gasteiger partial charge in [-0.05, 0) is 43.6 Å². The normalized spacial score (nSPS) is 27.1. The third-order valence-electron chi connectivity index (χ3n) is 5.40. The summed E-state index contributed by atoms with van der Waals surface area (Å²) in [5.74, 6) is -4.07. The molecule has 158 valence electrons. The molecule has 2 aliphatic rings. The lowest BCUT2D eigenvalue weighted by Crippen LogP contribution is -2.53. The Kier molecular flexibility index (Phi) is 7.50. The largest absolute Gasteiger partial charge is 0.471 e. The standard InChI is InChI=1S/C18H23F4N3O2.ClH/c19-17(20)18(21,22)9-27-14-5-4-12(8-24-14)16(26)25-15-10-2-1-3-11(15)7-13(23)6-10;/h4-5,8,10-11,13,15,17H,1-3,6-7,9,23H2,(H,25,26);1H. The minimum absolute atomic E-state index is 0. The van der Waals surface area contributed by atoms with Crippen LogP contribution in [0.5, 0.6) is 5.88 Å². The molecule has 2 atom stereocenters. The summed E-state index contributed by atoms with van der Waals surface area (Å²) in [7, 11) is 0. The zero-order valence-electron chi connectivity index (χ0n) is 15.1. The van der Waals surface area contributed by atoms with Gasteiger partial charge in [-0.25, -0.2) is 13.8 Å². The highest BCUT2D eigenvalue weighted by Crippen LogP contribution is 2.39. The number of fused-ring (bicyclic) bond motifs is 2. The first kappa shape index (κ1) is 22.7. The molecule has 1 amide bonds. The molecule has 2 fully saturated rings. The van der Waals surface area contributed by atoms with Crippen LogP contribution in [-0.4, -0.2) is 41.9 Å². The van der Waals surface area contributed by atoms with E-state index in [9.17, 15) is 22.4 Å². The Morgan fingerprint density at radius 3 is 2.46 bits per heavy atom. The van der Waals surface area contributed by atoms with Crippen LogP contribution < -0.4 is 15.8 Å². The van der Waals surface area contributed by atoms with Crippen LogP contribution in [0.1, 0.15) is 42.5 Å². The Hall–Kier alpha value is -1.61. The molecule has 0 radical (unpaired) electrons. The van der Waals surface area contributed by atoms with Gasteiger partial charge in [0.15, 0.2) is 6.61 Å². The molecule has 3 N–H and O–H groups in total. The molecule has 10 heteroatoms. The number of nitrogens with one attached hydrogen (secondary N) is 1. The molecular weight excluding hydrogens is 402 g/mol. The molecule has 0 spiro atoms. The van der Waals surface area contributed by atoms with Crippen molar-refractivity contribution in [2.24, 2.45) is 17.6 Å². The molecule has 3 rings (SSSR count). The number of carbonyl (C=O) groups excluding carboxylic acids is 1. The fourth-order valence-electron chi connectivity index (χ4n) is 4.09. The van der Waals surface area contributed by atoms with Crippen molar-refractivity contribution < 1.29 is 27.1 Å². The number of ether oxygens (including phenoxy) is 1. The summed E-state index contributed by atoms with van der Waals surface area (Å²) in [4.78, 5) is 16.3. The van der Waals surface area contributed by atoms with E-state index in [2.05, 4.69) is 15.0 Å². The summed E-state index contributed by atoms with van der Waals surface area (Å²) in [6.45, 7) is -1.48.